The van der Waals surface area contributed by atoms with Crippen LogP contribution in [0.15, 0.2) is 310 Å². The highest BCUT2D eigenvalue weighted by atomic mass is 31.2. The molecule has 11 heteroatoms. The van der Waals surface area contributed by atoms with E-state index >= 15 is 4.57 Å². The minimum atomic E-state index is -4.98. The molecule has 0 aliphatic carbocycles. The summed E-state index contributed by atoms with van der Waals surface area (Å²) in [5, 5.41) is 11.1. The molecule has 10 nitrogen and oxygen atoms in total. The van der Waals surface area contributed by atoms with Crippen LogP contribution in [0.2, 0.25) is 0 Å². The normalized spacial score (nSPS) is 13.0. The predicted molar refractivity (Wildman–Crippen MR) is 335 cm³/mol. The maximum absolute atomic E-state index is 17.1. The molecular weight excluding hydrogens is 1040 g/mol. The Morgan fingerprint density at radius 3 is 0.735 bits per heavy atom. The molecule has 3 heterocycles. The molecule has 9 aromatic carbocycles. The molecule has 0 fully saturated rings. The van der Waals surface area contributed by atoms with Gasteiger partial charge in [0.2, 0.25) is 0 Å². The number of nitrogens with zero attached hydrogens (tertiary/aromatic N) is 3. The summed E-state index contributed by atoms with van der Waals surface area (Å²) in [7, 11) is -4.98. The quantitative estimate of drug-likeness (QED) is 0.0474. The number of pyridine rings is 3. The van der Waals surface area contributed by atoms with E-state index in [1.165, 1.54) is 0 Å². The van der Waals surface area contributed by atoms with E-state index < -0.39 is 26.5 Å². The Balaban J connectivity index is 1.01. The van der Waals surface area contributed by atoms with Crippen molar-refractivity contribution in [3.05, 3.63) is 327 Å². The van der Waals surface area contributed by atoms with E-state index in [-0.39, 0.29) is 0 Å². The predicted octanol–water partition coefficient (Wildman–Crippen LogP) is 18.8. The van der Waals surface area contributed by atoms with Gasteiger partial charge < -0.3 is 16.0 Å². The number of phosphoric ester groups is 1. The van der Waals surface area contributed by atoms with Crippen LogP contribution in [0, 0.1) is 0 Å². The van der Waals surface area contributed by atoms with Crippen LogP contribution in [-0.4, -0.2) is 15.0 Å². The number of rotatable bonds is 21. The van der Waals surface area contributed by atoms with Crippen LogP contribution in [0.1, 0.15) is 35.4 Å². The Kier molecular flexibility index (Phi) is 16.5. The molecule has 0 spiro atoms. The average molecular weight is 1100 g/mol. The molecular formula is C72H57N6O4P. The number of hydrogen-bond acceptors (Lipinski definition) is 10. The molecule has 0 bridgehead atoms. The summed E-state index contributed by atoms with van der Waals surface area (Å²) in [6.07, 6.45) is 6.55. The zero-order chi connectivity index (χ0) is 56.1. The number of anilines is 3. The lowest BCUT2D eigenvalue weighted by Gasteiger charge is -2.33. The van der Waals surface area contributed by atoms with Crippen molar-refractivity contribution in [2.75, 3.05) is 16.0 Å². The van der Waals surface area contributed by atoms with Crippen molar-refractivity contribution < 1.29 is 18.1 Å². The Labute approximate surface area is 483 Å². The van der Waals surface area contributed by atoms with Crippen molar-refractivity contribution in [1.82, 2.24) is 15.0 Å². The molecule has 12 rings (SSSR count). The van der Waals surface area contributed by atoms with Gasteiger partial charge in [0, 0.05) is 87.6 Å². The molecule has 83 heavy (non-hydrogen) atoms. The van der Waals surface area contributed by atoms with Crippen molar-refractivity contribution in [3.63, 3.8) is 0 Å². The zero-order valence-corrected chi connectivity index (χ0v) is 46.0. The van der Waals surface area contributed by atoms with Crippen LogP contribution >= 0.6 is 7.82 Å². The smallest absolute Gasteiger partial charge is 0.355 e. The molecule has 0 aliphatic rings. The standard InChI is InChI=1S/C72H57N6O4P/c79-83(80-70(58-37-43-73-44-38-58)76-67-34-31-61(52-19-7-1-8-20-52)49-64(67)55-25-13-4-14-26-55,81-71(59-39-45-74-46-40-59)77-68-35-32-62(53-21-9-2-10-22-53)50-65(68)56-27-15-5-16-28-56)82-72(60-41-47-75-48-42-60)78-69-36-33-63(54-23-11-3-12-24-54)51-66(69)57-29-17-6-18-30-57/h1-51,70-72,76-78H. The summed E-state index contributed by atoms with van der Waals surface area (Å²) >= 11 is 0. The SMILES string of the molecule is O=P(OC(Nc1ccc(-c2ccccc2)cc1-c1ccccc1)c1ccncc1)(OC(Nc1ccc(-c2ccccc2)cc1-c1ccccc1)c1ccncc1)OC(Nc1ccc(-c2ccccc2)cc1-c1ccccc1)c1ccncc1. The molecule has 0 saturated carbocycles. The highest BCUT2D eigenvalue weighted by molar-refractivity contribution is 7.48. The Hall–Kier alpha value is -10.1. The van der Waals surface area contributed by atoms with Gasteiger partial charge in [0.05, 0.1) is 0 Å². The van der Waals surface area contributed by atoms with Gasteiger partial charge in [-0.2, -0.15) is 0 Å². The molecule has 0 radical (unpaired) electrons. The summed E-state index contributed by atoms with van der Waals surface area (Å²) in [5.74, 6) is 0. The molecule has 3 aromatic heterocycles. The zero-order valence-electron chi connectivity index (χ0n) is 45.1. The Bertz CT molecular complexity index is 3640. The Morgan fingerprint density at radius 2 is 0.494 bits per heavy atom. The van der Waals surface area contributed by atoms with E-state index in [2.05, 4.69) is 140 Å². The van der Waals surface area contributed by atoms with Gasteiger partial charge >= 0.3 is 7.82 Å². The van der Waals surface area contributed by atoms with Crippen LogP contribution in [0.5, 0.6) is 0 Å². The van der Waals surface area contributed by atoms with Crippen molar-refractivity contribution in [3.8, 4) is 66.8 Å². The lowest BCUT2D eigenvalue weighted by atomic mass is 9.97. The summed E-state index contributed by atoms with van der Waals surface area (Å²) < 4.78 is 38.6. The van der Waals surface area contributed by atoms with E-state index in [4.69, 9.17) is 13.6 Å². The van der Waals surface area contributed by atoms with Gasteiger partial charge in [-0.3, -0.25) is 28.5 Å². The highest BCUT2D eigenvalue weighted by Crippen LogP contribution is 2.60. The van der Waals surface area contributed by atoms with Crippen LogP contribution in [0.3, 0.4) is 0 Å². The van der Waals surface area contributed by atoms with E-state index in [9.17, 15) is 0 Å². The molecule has 0 saturated heterocycles. The van der Waals surface area contributed by atoms with E-state index in [1.54, 1.807) is 37.2 Å². The van der Waals surface area contributed by atoms with Crippen LogP contribution < -0.4 is 16.0 Å². The first-order valence-corrected chi connectivity index (χ1v) is 28.8. The second kappa shape index (κ2) is 25.6. The lowest BCUT2D eigenvalue weighted by molar-refractivity contribution is 0.0483. The third kappa shape index (κ3) is 13.1. The van der Waals surface area contributed by atoms with Gasteiger partial charge in [0.1, 0.15) is 0 Å². The molecule has 12 aromatic rings. The summed E-state index contributed by atoms with van der Waals surface area (Å²) in [4.78, 5) is 13.1. The van der Waals surface area contributed by atoms with Crippen molar-refractivity contribution in [2.24, 2.45) is 0 Å². The van der Waals surface area contributed by atoms with Gasteiger partial charge in [-0.05, 0) is 123 Å². The van der Waals surface area contributed by atoms with Crippen molar-refractivity contribution in [1.29, 1.82) is 0 Å². The van der Waals surface area contributed by atoms with Gasteiger partial charge in [-0.1, -0.05) is 200 Å². The largest absolute Gasteiger partial charge is 0.481 e. The summed E-state index contributed by atoms with van der Waals surface area (Å²) in [5.41, 5.74) is 15.7. The van der Waals surface area contributed by atoms with Gasteiger partial charge in [-0.15, -0.1) is 0 Å². The minimum absolute atomic E-state index is 0.603. The second-order valence-electron chi connectivity index (χ2n) is 19.7. The van der Waals surface area contributed by atoms with Crippen LogP contribution in [-0.2, 0) is 18.1 Å². The number of aromatic nitrogens is 3. The van der Waals surface area contributed by atoms with E-state index in [1.807, 2.05) is 164 Å². The van der Waals surface area contributed by atoms with Crippen molar-refractivity contribution >= 4 is 24.9 Å². The second-order valence-corrected chi connectivity index (χ2v) is 21.2. The first-order valence-electron chi connectivity index (χ1n) is 27.4. The first kappa shape index (κ1) is 53.6. The highest BCUT2D eigenvalue weighted by Gasteiger charge is 2.40. The number of hydrogen-bond donors (Lipinski definition) is 3. The third-order valence-corrected chi connectivity index (χ3v) is 15.6. The van der Waals surface area contributed by atoms with Crippen LogP contribution in [0.25, 0.3) is 66.8 Å². The maximum Gasteiger partial charge on any atom is 0.481 e. The number of phosphoric acid groups is 1. The summed E-state index contributed by atoms with van der Waals surface area (Å²) in [6, 6.07) is 90.8. The molecule has 0 amide bonds. The van der Waals surface area contributed by atoms with Gasteiger partial charge in [0.15, 0.2) is 18.7 Å². The molecule has 404 valence electrons. The Morgan fingerprint density at radius 1 is 0.265 bits per heavy atom. The fraction of sp³-hybridized carbons (Fsp3) is 0.0417. The van der Waals surface area contributed by atoms with Crippen LogP contribution in [0.4, 0.5) is 17.1 Å². The fourth-order valence-electron chi connectivity index (χ4n) is 10.0. The molecule has 3 atom stereocenters. The number of benzene rings is 9. The number of nitrogens with one attached hydrogen (secondary N) is 3. The van der Waals surface area contributed by atoms with E-state index in [0.29, 0.717) is 33.8 Å². The van der Waals surface area contributed by atoms with Gasteiger partial charge in [-0.25, -0.2) is 4.57 Å². The fourth-order valence-corrected chi connectivity index (χ4v) is 11.5. The first-order chi connectivity index (χ1) is 41.0. The maximum atomic E-state index is 17.1. The summed E-state index contributed by atoms with van der Waals surface area (Å²) in [6.45, 7) is 0. The third-order valence-electron chi connectivity index (χ3n) is 14.2. The monoisotopic (exact) mass is 1100 g/mol. The average Bonchev–Trinajstić information content (AvgIpc) is 3.68. The molecule has 3 N–H and O–H groups in total. The lowest BCUT2D eigenvalue weighted by Crippen LogP contribution is -2.22. The minimum Gasteiger partial charge on any atom is -0.355 e. The van der Waals surface area contributed by atoms with E-state index in [0.717, 1.165) is 66.8 Å². The topological polar surface area (TPSA) is 120 Å². The molecule has 3 unspecified atom stereocenters. The van der Waals surface area contributed by atoms with Gasteiger partial charge in [0.25, 0.3) is 0 Å². The van der Waals surface area contributed by atoms with Crippen molar-refractivity contribution in [2.45, 2.75) is 18.7 Å². The molecule has 0 aliphatic heterocycles.